The molecule has 3 aromatic rings. The van der Waals surface area contributed by atoms with Gasteiger partial charge in [-0.05, 0) is 6.07 Å². The maximum absolute atomic E-state index is 5.66. The second-order valence-corrected chi connectivity index (χ2v) is 3.66. The Balaban J connectivity index is 2.31. The van der Waals surface area contributed by atoms with Gasteiger partial charge < -0.3 is 10.3 Å². The molecule has 0 amide bonds. The fraction of sp³-hybridized carbons (Fsp3) is 0.0833. The Morgan fingerprint density at radius 3 is 3.00 bits per heavy atom. The molecule has 2 N–H and O–H groups in total. The summed E-state index contributed by atoms with van der Waals surface area (Å²) in [5.74, 6) is 0.808. The van der Waals surface area contributed by atoms with Crippen molar-refractivity contribution in [1.29, 1.82) is 0 Å². The van der Waals surface area contributed by atoms with Gasteiger partial charge in [-0.25, -0.2) is 4.98 Å². The summed E-state index contributed by atoms with van der Waals surface area (Å²) in [6, 6.07) is 7.87. The summed E-state index contributed by atoms with van der Waals surface area (Å²) in [7, 11) is 0. The van der Waals surface area contributed by atoms with Crippen molar-refractivity contribution in [3.8, 4) is 5.69 Å². The van der Waals surface area contributed by atoms with E-state index in [-0.39, 0.29) is 0 Å². The molecule has 0 aliphatic heterocycles. The van der Waals surface area contributed by atoms with Crippen LogP contribution in [0.15, 0.2) is 42.9 Å². The van der Waals surface area contributed by atoms with Crippen LogP contribution in [-0.2, 0) is 6.54 Å². The third kappa shape index (κ3) is 1.57. The van der Waals surface area contributed by atoms with E-state index in [0.29, 0.717) is 6.54 Å². The van der Waals surface area contributed by atoms with E-state index >= 15 is 0 Å². The van der Waals surface area contributed by atoms with Crippen LogP contribution >= 0.6 is 0 Å². The Hall–Kier alpha value is -2.27. The third-order valence-electron chi connectivity index (χ3n) is 2.68. The van der Waals surface area contributed by atoms with Crippen LogP contribution in [0.1, 0.15) is 5.82 Å². The number of hydrogen-bond donors (Lipinski definition) is 1. The summed E-state index contributed by atoms with van der Waals surface area (Å²) in [5, 5.41) is 9.13. The minimum Gasteiger partial charge on any atom is -0.324 e. The van der Waals surface area contributed by atoms with Gasteiger partial charge in [-0.1, -0.05) is 18.2 Å². The van der Waals surface area contributed by atoms with Crippen LogP contribution in [0.4, 0.5) is 0 Å². The Kier molecular flexibility index (Phi) is 2.31. The number of imidazole rings is 1. The molecule has 2 aromatic heterocycles. The molecular formula is C12H11N5. The third-order valence-corrected chi connectivity index (χ3v) is 2.68. The lowest BCUT2D eigenvalue weighted by molar-refractivity contribution is 0.864. The molecule has 0 atom stereocenters. The van der Waals surface area contributed by atoms with Crippen LogP contribution in [0.3, 0.4) is 0 Å². The molecule has 1 aromatic carbocycles. The van der Waals surface area contributed by atoms with E-state index in [1.54, 1.807) is 12.4 Å². The molecule has 0 radical (unpaired) electrons. The topological polar surface area (TPSA) is 69.6 Å². The van der Waals surface area contributed by atoms with Crippen molar-refractivity contribution in [2.45, 2.75) is 6.54 Å². The zero-order valence-electron chi connectivity index (χ0n) is 9.11. The Morgan fingerprint density at radius 1 is 1.24 bits per heavy atom. The standard InChI is InChI=1S/C12H11N5/c13-7-12-14-5-6-17(12)11-8-15-16-10-4-2-1-3-9(10)11/h1-6,8H,7,13H2. The largest absolute Gasteiger partial charge is 0.324 e. The fourth-order valence-electron chi connectivity index (χ4n) is 1.89. The minimum absolute atomic E-state index is 0.393. The number of fused-ring (bicyclic) bond motifs is 1. The van der Waals surface area contributed by atoms with E-state index in [2.05, 4.69) is 15.2 Å². The molecular weight excluding hydrogens is 214 g/mol. The zero-order chi connectivity index (χ0) is 11.7. The van der Waals surface area contributed by atoms with E-state index < -0.39 is 0 Å². The van der Waals surface area contributed by atoms with Crippen molar-refractivity contribution in [2.75, 3.05) is 0 Å². The molecule has 0 aliphatic carbocycles. The van der Waals surface area contributed by atoms with E-state index in [1.807, 2.05) is 35.0 Å². The molecule has 5 heteroatoms. The smallest absolute Gasteiger partial charge is 0.127 e. The molecule has 0 spiro atoms. The number of nitrogens with two attached hydrogens (primary N) is 1. The van der Waals surface area contributed by atoms with Gasteiger partial charge in [-0.3, -0.25) is 0 Å². The molecule has 0 bridgehead atoms. The predicted molar refractivity (Wildman–Crippen MR) is 64.6 cm³/mol. The van der Waals surface area contributed by atoms with Crippen molar-refractivity contribution >= 4 is 10.9 Å². The summed E-state index contributed by atoms with van der Waals surface area (Å²) in [4.78, 5) is 4.21. The summed E-state index contributed by atoms with van der Waals surface area (Å²) < 4.78 is 1.94. The van der Waals surface area contributed by atoms with E-state index in [9.17, 15) is 0 Å². The second-order valence-electron chi connectivity index (χ2n) is 3.66. The molecule has 0 saturated carbocycles. The maximum Gasteiger partial charge on any atom is 0.127 e. The average molecular weight is 225 g/mol. The van der Waals surface area contributed by atoms with Crippen molar-refractivity contribution in [2.24, 2.45) is 5.73 Å². The predicted octanol–water partition coefficient (Wildman–Crippen LogP) is 1.27. The summed E-state index contributed by atoms with van der Waals surface area (Å²) in [6.45, 7) is 0.393. The highest BCUT2D eigenvalue weighted by atomic mass is 15.1. The van der Waals surface area contributed by atoms with Gasteiger partial charge >= 0.3 is 0 Å². The van der Waals surface area contributed by atoms with E-state index in [4.69, 9.17) is 5.73 Å². The first-order chi connectivity index (χ1) is 8.40. The van der Waals surface area contributed by atoms with Crippen LogP contribution < -0.4 is 5.73 Å². The summed E-state index contributed by atoms with van der Waals surface area (Å²) >= 11 is 0. The lowest BCUT2D eigenvalue weighted by atomic mass is 10.2. The lowest BCUT2D eigenvalue weighted by Crippen LogP contribution is -2.07. The Labute approximate surface area is 97.9 Å². The zero-order valence-corrected chi connectivity index (χ0v) is 9.11. The van der Waals surface area contributed by atoms with Crippen LogP contribution in [0.5, 0.6) is 0 Å². The van der Waals surface area contributed by atoms with Crippen LogP contribution in [-0.4, -0.2) is 19.7 Å². The Morgan fingerprint density at radius 2 is 2.12 bits per heavy atom. The molecule has 0 unspecified atom stereocenters. The molecule has 3 rings (SSSR count). The minimum atomic E-state index is 0.393. The van der Waals surface area contributed by atoms with Crippen LogP contribution in [0, 0.1) is 0 Å². The molecule has 0 saturated heterocycles. The van der Waals surface area contributed by atoms with Crippen molar-refractivity contribution in [1.82, 2.24) is 19.7 Å². The molecule has 5 nitrogen and oxygen atoms in total. The highest BCUT2D eigenvalue weighted by Crippen LogP contribution is 2.19. The first kappa shape index (κ1) is 9.92. The van der Waals surface area contributed by atoms with Gasteiger partial charge in [0.05, 0.1) is 23.9 Å². The van der Waals surface area contributed by atoms with Crippen LogP contribution in [0.25, 0.3) is 16.6 Å². The highest BCUT2D eigenvalue weighted by Gasteiger charge is 2.07. The van der Waals surface area contributed by atoms with Gasteiger partial charge in [-0.2, -0.15) is 10.2 Å². The monoisotopic (exact) mass is 225 g/mol. The molecule has 2 heterocycles. The number of benzene rings is 1. The van der Waals surface area contributed by atoms with E-state index in [0.717, 1.165) is 22.4 Å². The average Bonchev–Trinajstić information content (AvgIpc) is 2.86. The second kappa shape index (κ2) is 3.95. The summed E-state index contributed by atoms with van der Waals surface area (Å²) in [5.41, 5.74) is 7.47. The number of nitrogens with zero attached hydrogens (tertiary/aromatic N) is 4. The number of hydrogen-bond acceptors (Lipinski definition) is 4. The van der Waals surface area contributed by atoms with Crippen molar-refractivity contribution in [3.05, 3.63) is 48.7 Å². The maximum atomic E-state index is 5.66. The SMILES string of the molecule is NCc1nccn1-c1cnnc2ccccc12. The molecule has 84 valence electrons. The quantitative estimate of drug-likeness (QED) is 0.713. The van der Waals surface area contributed by atoms with Gasteiger partial charge in [-0.15, -0.1) is 0 Å². The fourth-order valence-corrected chi connectivity index (χ4v) is 1.89. The van der Waals surface area contributed by atoms with E-state index in [1.165, 1.54) is 0 Å². The van der Waals surface area contributed by atoms with Gasteiger partial charge in [0, 0.05) is 17.8 Å². The molecule has 0 fully saturated rings. The normalized spacial score (nSPS) is 10.9. The lowest BCUT2D eigenvalue weighted by Gasteiger charge is -2.08. The van der Waals surface area contributed by atoms with Gasteiger partial charge in [0.25, 0.3) is 0 Å². The van der Waals surface area contributed by atoms with Gasteiger partial charge in [0.2, 0.25) is 0 Å². The van der Waals surface area contributed by atoms with Gasteiger partial charge in [0.1, 0.15) is 5.82 Å². The Bertz CT molecular complexity index is 653. The van der Waals surface area contributed by atoms with Gasteiger partial charge in [0.15, 0.2) is 0 Å². The number of aromatic nitrogens is 4. The molecule has 17 heavy (non-hydrogen) atoms. The summed E-state index contributed by atoms with van der Waals surface area (Å²) in [6.07, 6.45) is 5.34. The first-order valence-electron chi connectivity index (χ1n) is 5.33. The van der Waals surface area contributed by atoms with Crippen molar-refractivity contribution < 1.29 is 0 Å². The highest BCUT2D eigenvalue weighted by molar-refractivity contribution is 5.86. The number of rotatable bonds is 2. The van der Waals surface area contributed by atoms with Crippen LogP contribution in [0.2, 0.25) is 0 Å². The first-order valence-corrected chi connectivity index (χ1v) is 5.33. The van der Waals surface area contributed by atoms with Crippen molar-refractivity contribution in [3.63, 3.8) is 0 Å². The molecule has 0 aliphatic rings.